The van der Waals surface area contributed by atoms with Gasteiger partial charge in [-0.05, 0) is 125 Å². The van der Waals surface area contributed by atoms with Crippen LogP contribution in [0.1, 0.15) is 162 Å². The van der Waals surface area contributed by atoms with E-state index < -0.39 is 259 Å². The number of likely N-dealkylation sites (N-methyl/N-ethyl adjacent to an activating group) is 3. The number of nitrogens with two attached hydrogens (primary N) is 4. The number of carbonyl (C=O) groups excluding carboxylic acids is 17. The Hall–Kier alpha value is -12.8. The molecular formula is C92H133N21O22S. The number of hydrogen-bond donors (Lipinski definition) is 17. The summed E-state index contributed by atoms with van der Waals surface area (Å²) >= 11 is 0.773. The molecule has 3 aliphatic heterocycles. The zero-order valence-electron chi connectivity index (χ0n) is 78.8. The van der Waals surface area contributed by atoms with Gasteiger partial charge in [0.2, 0.25) is 94.5 Å². The number of nitrogens with one attached hydrogen (secondary N) is 10. The molecule has 0 unspecified atom stereocenters. The summed E-state index contributed by atoms with van der Waals surface area (Å²) in [6.45, 7) is 10.2. The second kappa shape index (κ2) is 50.7. The number of Topliss-reactive ketones (excluding diaryl/α,β-unsaturated/α-hetero) is 1. The van der Waals surface area contributed by atoms with E-state index in [-0.39, 0.29) is 112 Å². The van der Waals surface area contributed by atoms with Crippen LogP contribution in [0.25, 0.3) is 21.9 Å². The van der Waals surface area contributed by atoms with Crippen molar-refractivity contribution in [1.82, 2.24) is 86.5 Å². The first kappa shape index (κ1) is 108. The van der Waals surface area contributed by atoms with Crippen LogP contribution in [-0.2, 0) is 106 Å². The molecule has 3 fully saturated rings. The molecule has 43 nitrogen and oxygen atoms in total. The molecule has 0 spiro atoms. The summed E-state index contributed by atoms with van der Waals surface area (Å²) in [5.41, 5.74) is 24.4. The van der Waals surface area contributed by atoms with Crippen LogP contribution >= 0.6 is 11.8 Å². The summed E-state index contributed by atoms with van der Waals surface area (Å²) in [7, 11) is 3.80. The standard InChI is InChI=1S/C92H133N21O22S/c1-12-14-23-70-84(126)101-61(35-49(3)4)82(124)106-67(80(122)98-44-76(96)118)47-136-48-77(119)99-63(37-53-28-30-56(114)31-29-53)86(128)107(9)51(7)78(120)102-64(41-75(95)117)88(130)110-34-20-27-71(110)85(127)104-65(42-94)83(125)103-62(36-50(5)6)89(131)111-45-57(115)40-73(111)74(116)39-54(38-55-43-97-59-22-17-16-21-58(55)59)79(121)100-60(32-33-93)81(123)105-66(87(129)109(11)72(24-15-13-2)90(132)108(70)10)46-112-68-25-18-19-26-69(68)113(92(112)135)52(8)91(133)134/h16-19,21-22,25-26,28-31,43,49-52,54,57,60-67,70-73,97,114-115H,12-15,20,23-24,27,32-42,44-48,93-94H2,1-11H3,(H2,95,117)(H2,96,118)(H,98,122)(H,99,119)(H,100,121)(H,101,126)(H,102,120)(H,103,125)(H,104,127)(H,105,123)(H,106,124)(H,133,134)/t51-,52+,54+,57+,60-,61-,62-,63-,64-,65-,66-,67-,70-,71-,72-,73-/m0/s1. The van der Waals surface area contributed by atoms with Gasteiger partial charge in [0, 0.05) is 88.8 Å². The van der Waals surface area contributed by atoms with E-state index in [0.29, 0.717) is 41.3 Å². The van der Waals surface area contributed by atoms with Gasteiger partial charge in [0.05, 0.1) is 48.4 Å². The van der Waals surface area contributed by atoms with Gasteiger partial charge < -0.3 is 116 Å². The van der Waals surface area contributed by atoms with Crippen molar-refractivity contribution in [3.8, 4) is 5.75 Å². The van der Waals surface area contributed by atoms with Crippen molar-refractivity contribution in [2.75, 3.05) is 65.4 Å². The number of nitrogens with zero attached hydrogens (tertiary/aromatic N) is 7. The Morgan fingerprint density at radius 3 is 1.78 bits per heavy atom. The third-order valence-electron chi connectivity index (χ3n) is 24.7. The second-order valence-corrected chi connectivity index (χ2v) is 37.0. The average molecular weight is 1920 g/mol. The molecule has 5 heterocycles. The lowest BCUT2D eigenvalue weighted by Gasteiger charge is -2.36. The number of amides is 16. The van der Waals surface area contributed by atoms with Crippen molar-refractivity contribution in [3.63, 3.8) is 0 Å². The molecule has 3 aliphatic rings. The zero-order valence-corrected chi connectivity index (χ0v) is 79.6. The Morgan fingerprint density at radius 2 is 1.15 bits per heavy atom. The number of primary amides is 2. The van der Waals surface area contributed by atoms with E-state index in [1.54, 1.807) is 70.3 Å². The lowest BCUT2D eigenvalue weighted by atomic mass is 9.90. The molecular weight excluding hydrogens is 1780 g/mol. The number of benzene rings is 3. The molecule has 8 rings (SSSR count). The number of aliphatic carboxylic acids is 1. The third-order valence-corrected chi connectivity index (χ3v) is 25.8. The molecule has 0 bridgehead atoms. The first-order chi connectivity index (χ1) is 64.4. The van der Waals surface area contributed by atoms with Gasteiger partial charge in [-0.3, -0.25) is 90.6 Å². The quantitative estimate of drug-likeness (QED) is 0.0286. The van der Waals surface area contributed by atoms with Crippen LogP contribution in [0.3, 0.4) is 0 Å². The zero-order chi connectivity index (χ0) is 100. The Balaban J connectivity index is 1.22. The molecule has 44 heteroatoms. The van der Waals surface area contributed by atoms with Gasteiger partial charge in [-0.15, -0.1) is 11.8 Å². The number of aromatic nitrogens is 3. The number of H-pyrrole nitrogens is 1. The number of aliphatic hydroxyl groups excluding tert-OH is 1. The highest BCUT2D eigenvalue weighted by molar-refractivity contribution is 8.00. The number of carboxylic acids is 1. The minimum atomic E-state index is -1.90. The molecule has 0 saturated carbocycles. The smallest absolute Gasteiger partial charge is 0.329 e. The van der Waals surface area contributed by atoms with Crippen molar-refractivity contribution < 1.29 is 102 Å². The van der Waals surface area contributed by atoms with Gasteiger partial charge in [0.15, 0.2) is 5.78 Å². The van der Waals surface area contributed by atoms with Crippen molar-refractivity contribution in [2.45, 2.75) is 255 Å². The van der Waals surface area contributed by atoms with E-state index in [1.165, 1.54) is 71.4 Å². The van der Waals surface area contributed by atoms with Crippen molar-refractivity contribution in [1.29, 1.82) is 0 Å². The van der Waals surface area contributed by atoms with Gasteiger partial charge in [0.25, 0.3) is 0 Å². The summed E-state index contributed by atoms with van der Waals surface area (Å²) < 4.78 is 2.05. The van der Waals surface area contributed by atoms with Gasteiger partial charge in [-0.1, -0.05) is 110 Å². The molecule has 16 atom stereocenters. The summed E-state index contributed by atoms with van der Waals surface area (Å²) in [6, 6.07) is -3.09. The summed E-state index contributed by atoms with van der Waals surface area (Å²) in [5, 5.41) is 56.3. The van der Waals surface area contributed by atoms with Crippen molar-refractivity contribution in [2.24, 2.45) is 40.7 Å². The number of hydrogen-bond acceptors (Lipinski definition) is 24. The van der Waals surface area contributed by atoms with Crippen molar-refractivity contribution >= 4 is 140 Å². The van der Waals surface area contributed by atoms with Gasteiger partial charge in [0.1, 0.15) is 84.3 Å². The summed E-state index contributed by atoms with van der Waals surface area (Å²) in [4.78, 5) is 286. The first-order valence-corrected chi connectivity index (χ1v) is 47.2. The van der Waals surface area contributed by atoms with E-state index >= 15 is 33.6 Å². The number of thioether (sulfide) groups is 1. The molecule has 744 valence electrons. The largest absolute Gasteiger partial charge is 0.508 e. The van der Waals surface area contributed by atoms with Crippen LogP contribution in [0.2, 0.25) is 0 Å². The number of aliphatic hydroxyl groups is 1. The maximum Gasteiger partial charge on any atom is 0.329 e. The van der Waals surface area contributed by atoms with E-state index in [0.717, 1.165) is 45.4 Å². The number of aromatic hydroxyl groups is 1. The third kappa shape index (κ3) is 28.9. The number of unbranched alkanes of at least 4 members (excludes halogenated alkanes) is 2. The maximum absolute atomic E-state index is 16.0. The Bertz CT molecular complexity index is 5220. The normalized spacial score (nSPS) is 25.1. The van der Waals surface area contributed by atoms with Gasteiger partial charge >= 0.3 is 11.7 Å². The Kier molecular flexibility index (Phi) is 40.4. The fourth-order valence-electron chi connectivity index (χ4n) is 17.2. The summed E-state index contributed by atoms with van der Waals surface area (Å²) in [6.07, 6.45) is -1.05. The number of fused-ring (bicyclic) bond motifs is 4. The Morgan fingerprint density at radius 1 is 0.574 bits per heavy atom. The Labute approximate surface area is 792 Å². The summed E-state index contributed by atoms with van der Waals surface area (Å²) in [5.74, 6) is -20.6. The number of phenolic OH excluding ortho intramolecular Hbond substituents is 1. The van der Waals surface area contributed by atoms with E-state index in [4.69, 9.17) is 22.9 Å². The highest BCUT2D eigenvalue weighted by Gasteiger charge is 2.47. The van der Waals surface area contributed by atoms with Crippen LogP contribution in [0.4, 0.5) is 0 Å². The van der Waals surface area contributed by atoms with Crippen LogP contribution in [0.5, 0.6) is 5.75 Å². The number of carboxylic acid groups (broad SMARTS) is 1. The average Bonchev–Trinajstić information content (AvgIpc) is 1.61. The number of ketones is 1. The second-order valence-electron chi connectivity index (χ2n) is 36.0. The molecule has 3 saturated heterocycles. The fraction of sp³-hybridized carbons (Fsp3) is 0.576. The minimum absolute atomic E-state index is 0.0208. The number of aromatic amines is 1. The van der Waals surface area contributed by atoms with Crippen LogP contribution < -0.4 is 76.5 Å². The number of para-hydroxylation sites is 3. The van der Waals surface area contributed by atoms with Crippen LogP contribution in [0, 0.1) is 17.8 Å². The SMILES string of the molecule is CCCC[C@H]1C(=O)N(C)[C@@H](CCCC)C(=O)N[C@@H](CC(C)C)C(=O)N[C@H](C(=O)NCC(N)=O)CSCC(=O)N[C@@H](Cc2ccc(O)cc2)C(=O)N(C)[C@@H](C)C(=O)N[C@@H](CC(N)=O)C(=O)N2CCC[C@H]2C(=O)N[C@@H](CN)C(=O)N[C@@H](CC(C)C)C(=O)N2C[C@H](O)C[C@H]2C(=O)C[C@@H](Cc2c[nH]c3ccccc23)C(=O)N[C@@H](CCN)C(=O)N[C@@H](Cn2c(=O)n([C@H](C)C(=O)O)c3ccccc32)C(=O)N1C. The molecule has 0 radical (unpaired) electrons. The molecule has 16 amide bonds. The predicted octanol–water partition coefficient (Wildman–Crippen LogP) is -1.97. The maximum atomic E-state index is 16.0. The topological polar surface area (TPSA) is 639 Å². The first-order valence-electron chi connectivity index (χ1n) is 46.1. The van der Waals surface area contributed by atoms with E-state index in [2.05, 4.69) is 52.8 Å². The number of carbonyl (C=O) groups is 18. The molecule has 0 aliphatic carbocycles. The number of rotatable bonds is 26. The lowest BCUT2D eigenvalue weighted by molar-refractivity contribution is -0.149. The van der Waals surface area contributed by atoms with E-state index in [9.17, 15) is 72.9 Å². The lowest BCUT2D eigenvalue weighted by Crippen LogP contribution is -2.61. The molecule has 136 heavy (non-hydrogen) atoms. The minimum Gasteiger partial charge on any atom is -0.508 e. The van der Waals surface area contributed by atoms with Gasteiger partial charge in [-0.2, -0.15) is 0 Å². The van der Waals surface area contributed by atoms with Crippen LogP contribution in [-0.4, -0.2) is 310 Å². The number of phenols is 1. The fourth-order valence-corrected chi connectivity index (χ4v) is 18.0. The highest BCUT2D eigenvalue weighted by Crippen LogP contribution is 2.30. The monoisotopic (exact) mass is 1920 g/mol. The molecule has 3 aromatic carbocycles. The molecule has 2 aromatic heterocycles. The number of imidazole rings is 1. The molecule has 21 N–H and O–H groups in total. The highest BCUT2D eigenvalue weighted by atomic mass is 32.2. The predicted molar refractivity (Wildman–Crippen MR) is 501 cm³/mol. The molecule has 5 aromatic rings. The van der Waals surface area contributed by atoms with Gasteiger partial charge in [-0.25, -0.2) is 9.59 Å². The van der Waals surface area contributed by atoms with Crippen molar-refractivity contribution in [3.05, 3.63) is 101 Å². The van der Waals surface area contributed by atoms with Crippen LogP contribution in [0.15, 0.2) is 83.8 Å². The van der Waals surface area contributed by atoms with E-state index in [1.807, 2.05) is 13.8 Å².